The minimum Gasteiger partial charge on any atom is -0.307 e. The van der Waals surface area contributed by atoms with Crippen molar-refractivity contribution in [2.75, 3.05) is 22.9 Å². The lowest BCUT2D eigenvalue weighted by Gasteiger charge is -2.24. The van der Waals surface area contributed by atoms with Crippen LogP contribution in [0.1, 0.15) is 116 Å². The number of carbonyl (C=O) groups is 2. The maximum Gasteiger partial charge on any atom is 0.259 e. The summed E-state index contributed by atoms with van der Waals surface area (Å²) in [6.07, 6.45) is 14.7. The third kappa shape index (κ3) is 8.53. The molecule has 3 aromatic carbocycles. The van der Waals surface area contributed by atoms with Gasteiger partial charge >= 0.3 is 0 Å². The highest BCUT2D eigenvalue weighted by atomic mass is 79.9. The van der Waals surface area contributed by atoms with Gasteiger partial charge in [0.2, 0.25) is 0 Å². The van der Waals surface area contributed by atoms with Gasteiger partial charge in [0.25, 0.3) is 11.8 Å². The molecular formula is C42H52Br2N2O2. The van der Waals surface area contributed by atoms with Crippen molar-refractivity contribution in [2.45, 2.75) is 105 Å². The van der Waals surface area contributed by atoms with Gasteiger partial charge in [-0.1, -0.05) is 148 Å². The number of unbranched alkanes of at least 4 members (excludes halogenated alkanes) is 8. The predicted octanol–water partition coefficient (Wildman–Crippen LogP) is 10.3. The van der Waals surface area contributed by atoms with E-state index in [9.17, 15) is 9.59 Å². The van der Waals surface area contributed by atoms with Crippen molar-refractivity contribution in [3.05, 3.63) is 91.2 Å². The molecule has 2 heterocycles. The lowest BCUT2D eigenvalue weighted by Crippen LogP contribution is -2.34. The van der Waals surface area contributed by atoms with Crippen molar-refractivity contribution < 1.29 is 9.59 Å². The summed E-state index contributed by atoms with van der Waals surface area (Å²) in [7, 11) is 0. The van der Waals surface area contributed by atoms with E-state index in [1.165, 1.54) is 64.2 Å². The molecule has 2 unspecified atom stereocenters. The van der Waals surface area contributed by atoms with Gasteiger partial charge in [-0.25, -0.2) is 0 Å². The first-order chi connectivity index (χ1) is 23.2. The molecule has 256 valence electrons. The average Bonchev–Trinajstić information content (AvgIpc) is 3.49. The summed E-state index contributed by atoms with van der Waals surface area (Å²) in [5.41, 5.74) is 5.11. The van der Waals surface area contributed by atoms with Crippen LogP contribution in [0.3, 0.4) is 0 Å². The number of fused-ring (bicyclic) bond motifs is 2. The molecule has 0 bridgehead atoms. The minimum absolute atomic E-state index is 0.0518. The number of halogens is 2. The number of anilines is 2. The molecule has 0 fully saturated rings. The minimum atomic E-state index is 0.0518. The summed E-state index contributed by atoms with van der Waals surface area (Å²) < 4.78 is 1.96. The number of hydrogen-bond donors (Lipinski definition) is 0. The second-order valence-electron chi connectivity index (χ2n) is 14.1. The van der Waals surface area contributed by atoms with E-state index in [1.54, 1.807) is 0 Å². The van der Waals surface area contributed by atoms with Gasteiger partial charge in [-0.3, -0.25) is 9.59 Å². The first-order valence-corrected chi connectivity index (χ1v) is 19.9. The van der Waals surface area contributed by atoms with Crippen LogP contribution in [0.15, 0.2) is 69.6 Å². The zero-order chi connectivity index (χ0) is 34.2. The van der Waals surface area contributed by atoms with E-state index in [0.717, 1.165) is 65.9 Å². The smallest absolute Gasteiger partial charge is 0.259 e. The Morgan fingerprint density at radius 3 is 1.29 bits per heavy atom. The Balaban J connectivity index is 1.57. The Labute approximate surface area is 304 Å². The quantitative estimate of drug-likeness (QED) is 0.121. The average molecular weight is 777 g/mol. The molecule has 0 radical (unpaired) electrons. The molecular weight excluding hydrogens is 724 g/mol. The molecule has 2 aliphatic heterocycles. The van der Waals surface area contributed by atoms with Gasteiger partial charge in [0, 0.05) is 32.5 Å². The number of hydrogen-bond acceptors (Lipinski definition) is 2. The molecule has 0 spiro atoms. The molecule has 2 atom stereocenters. The normalized spacial score (nSPS) is 15.4. The first-order valence-electron chi connectivity index (χ1n) is 18.3. The predicted molar refractivity (Wildman–Crippen MR) is 209 cm³/mol. The van der Waals surface area contributed by atoms with E-state index in [1.807, 2.05) is 58.3 Å². The second-order valence-corrected chi connectivity index (χ2v) is 15.9. The Bertz CT molecular complexity index is 1700. The molecule has 0 saturated carbocycles. The number of nitrogens with zero attached hydrogens (tertiary/aromatic N) is 2. The fourth-order valence-corrected chi connectivity index (χ4v) is 7.82. The van der Waals surface area contributed by atoms with Gasteiger partial charge in [0.1, 0.15) is 0 Å². The molecule has 5 rings (SSSR count). The summed E-state index contributed by atoms with van der Waals surface area (Å²) >= 11 is 7.14. The highest BCUT2D eigenvalue weighted by Gasteiger charge is 2.36. The van der Waals surface area contributed by atoms with Crippen LogP contribution >= 0.6 is 31.9 Å². The van der Waals surface area contributed by atoms with Gasteiger partial charge in [-0.05, 0) is 72.2 Å². The van der Waals surface area contributed by atoms with Crippen LogP contribution < -0.4 is 20.2 Å². The topological polar surface area (TPSA) is 40.6 Å². The molecule has 48 heavy (non-hydrogen) atoms. The van der Waals surface area contributed by atoms with Crippen LogP contribution in [0.2, 0.25) is 0 Å². The monoisotopic (exact) mass is 774 g/mol. The second kappa shape index (κ2) is 17.3. The largest absolute Gasteiger partial charge is 0.307 e. The van der Waals surface area contributed by atoms with Gasteiger partial charge in [0.05, 0.1) is 22.5 Å². The third-order valence-corrected chi connectivity index (χ3v) is 11.1. The number of benzene rings is 3. The van der Waals surface area contributed by atoms with Gasteiger partial charge in [-0.2, -0.15) is 0 Å². The zero-order valence-electron chi connectivity index (χ0n) is 29.3. The zero-order valence-corrected chi connectivity index (χ0v) is 32.5. The van der Waals surface area contributed by atoms with Gasteiger partial charge in [-0.15, -0.1) is 0 Å². The molecule has 6 heteroatoms. The maximum atomic E-state index is 14.4. The Kier molecular flexibility index (Phi) is 13.2. The van der Waals surface area contributed by atoms with Crippen molar-refractivity contribution in [1.29, 1.82) is 0 Å². The van der Waals surface area contributed by atoms with Gasteiger partial charge < -0.3 is 9.80 Å². The lowest BCUT2D eigenvalue weighted by molar-refractivity contribution is -0.114. The molecule has 0 N–H and O–H groups in total. The Hall–Kier alpha value is -2.70. The SMILES string of the molecule is CCCCCCCCC(C)CN1C(=O)C(c2ccc(Br)cc2)=c2cc3c(cc21)=C(c1ccc(Br)cc1)C(=O)N3CC(C)CCCCCC. The summed E-state index contributed by atoms with van der Waals surface area (Å²) in [5.74, 6) is 0.841. The van der Waals surface area contributed by atoms with Crippen molar-refractivity contribution in [3.63, 3.8) is 0 Å². The van der Waals surface area contributed by atoms with Crippen molar-refractivity contribution in [2.24, 2.45) is 11.8 Å². The molecule has 4 nitrogen and oxygen atoms in total. The Morgan fingerprint density at radius 1 is 0.542 bits per heavy atom. The van der Waals surface area contributed by atoms with Crippen molar-refractivity contribution in [3.8, 4) is 0 Å². The van der Waals surface area contributed by atoms with Crippen LogP contribution in [0.4, 0.5) is 11.4 Å². The van der Waals surface area contributed by atoms with Crippen molar-refractivity contribution >= 4 is 66.2 Å². The van der Waals surface area contributed by atoms with E-state index < -0.39 is 0 Å². The summed E-state index contributed by atoms with van der Waals surface area (Å²) in [5, 5.41) is 1.86. The molecule has 2 aliphatic rings. The van der Waals surface area contributed by atoms with E-state index >= 15 is 0 Å². The molecule has 0 aromatic heterocycles. The molecule has 0 saturated heterocycles. The third-order valence-electron chi connectivity index (χ3n) is 10.0. The van der Waals surface area contributed by atoms with Crippen LogP contribution in [-0.4, -0.2) is 24.9 Å². The number of amides is 2. The highest BCUT2D eigenvalue weighted by Crippen LogP contribution is 2.33. The fraction of sp³-hybridized carbons (Fsp3) is 0.476. The maximum absolute atomic E-state index is 14.4. The Morgan fingerprint density at radius 2 is 0.896 bits per heavy atom. The van der Waals surface area contributed by atoms with Crippen LogP contribution in [0, 0.1) is 11.8 Å². The van der Waals surface area contributed by atoms with Crippen molar-refractivity contribution in [1.82, 2.24) is 0 Å². The molecule has 2 amide bonds. The van der Waals surface area contributed by atoms with E-state index in [4.69, 9.17) is 0 Å². The number of rotatable bonds is 18. The van der Waals surface area contributed by atoms with E-state index in [0.29, 0.717) is 24.9 Å². The van der Waals surface area contributed by atoms with Crippen LogP contribution in [0.25, 0.3) is 11.1 Å². The fourth-order valence-electron chi connectivity index (χ4n) is 7.30. The summed E-state index contributed by atoms with van der Waals surface area (Å²) in [6, 6.07) is 20.4. The standard InChI is InChI=1S/C42H52Br2N2O2/c1-5-7-9-11-12-14-16-30(4)28-46-38-26-35-37(25-36(38)40(42(46)48)32-19-23-34(44)24-20-32)45(27-29(3)15-13-10-8-6-2)41(47)39(35)31-17-21-33(43)22-18-31/h17-26,29-30H,5-16,27-28H2,1-4H3. The van der Waals surface area contributed by atoms with E-state index in [2.05, 4.69) is 71.7 Å². The highest BCUT2D eigenvalue weighted by molar-refractivity contribution is 9.10. The van der Waals surface area contributed by atoms with Crippen LogP contribution in [-0.2, 0) is 9.59 Å². The summed E-state index contributed by atoms with van der Waals surface area (Å²) in [4.78, 5) is 32.8. The molecule has 0 aliphatic carbocycles. The lowest BCUT2D eigenvalue weighted by atomic mass is 10.0. The van der Waals surface area contributed by atoms with E-state index in [-0.39, 0.29) is 11.8 Å². The first kappa shape index (κ1) is 36.6. The van der Waals surface area contributed by atoms with Gasteiger partial charge in [0.15, 0.2) is 0 Å². The number of carbonyl (C=O) groups excluding carboxylic acids is 2. The molecule has 3 aromatic rings. The van der Waals surface area contributed by atoms with Crippen LogP contribution in [0.5, 0.6) is 0 Å². The summed E-state index contributed by atoms with van der Waals surface area (Å²) in [6.45, 7) is 10.4.